The Hall–Kier alpha value is -4.00. The van der Waals surface area contributed by atoms with Crippen LogP contribution in [0.2, 0.25) is 0 Å². The van der Waals surface area contributed by atoms with E-state index in [1.54, 1.807) is 6.20 Å². The molecule has 4 aliphatic rings. The molecule has 4 aliphatic carbocycles. The van der Waals surface area contributed by atoms with E-state index >= 15 is 0 Å². The minimum absolute atomic E-state index is 0.00338. The predicted molar refractivity (Wildman–Crippen MR) is 145 cm³/mol. The highest BCUT2D eigenvalue weighted by Crippen LogP contribution is 2.55. The van der Waals surface area contributed by atoms with Gasteiger partial charge in [-0.1, -0.05) is 30.3 Å². The number of amidine groups is 1. The van der Waals surface area contributed by atoms with Crippen molar-refractivity contribution in [2.75, 3.05) is 0 Å². The molecule has 8 rings (SSSR count). The Bertz CT molecular complexity index is 1470. The molecule has 0 unspecified atom stereocenters. The van der Waals surface area contributed by atoms with Gasteiger partial charge in [0, 0.05) is 28.4 Å². The number of nitrogens with two attached hydrogens (primary N) is 1. The molecule has 186 valence electrons. The summed E-state index contributed by atoms with van der Waals surface area (Å²) in [6.45, 7) is 0. The average molecular weight is 491 g/mol. The topological polar surface area (TPSA) is 109 Å². The number of aromatic nitrogens is 3. The lowest BCUT2D eigenvalue weighted by atomic mass is 9.53. The number of carbonyl (C=O) groups is 1. The second-order valence-electron chi connectivity index (χ2n) is 11.2. The molecular weight excluding hydrogens is 460 g/mol. The predicted octanol–water partition coefficient (Wildman–Crippen LogP) is 5.36. The minimum atomic E-state index is 0.00338. The van der Waals surface area contributed by atoms with Crippen LogP contribution >= 0.6 is 0 Å². The Morgan fingerprint density at radius 3 is 2.32 bits per heavy atom. The normalized spacial score (nSPS) is 26.5. The van der Waals surface area contributed by atoms with Crippen LogP contribution in [0.1, 0.15) is 54.4 Å². The van der Waals surface area contributed by atoms with Gasteiger partial charge in [0.25, 0.3) is 5.91 Å². The molecule has 4 saturated carbocycles. The summed E-state index contributed by atoms with van der Waals surface area (Å²) in [5.74, 6) is 4.16. The number of fused-ring (bicyclic) bond motifs is 1. The maximum atomic E-state index is 13.3. The van der Waals surface area contributed by atoms with E-state index in [4.69, 9.17) is 10.7 Å². The van der Waals surface area contributed by atoms with E-state index in [-0.39, 0.29) is 11.4 Å². The van der Waals surface area contributed by atoms with Crippen LogP contribution < -0.4 is 11.1 Å². The molecular formula is C30H30N6O. The number of carbonyl (C=O) groups excluding carboxylic acids is 1. The fraction of sp³-hybridized carbons (Fsp3) is 0.333. The molecule has 7 nitrogen and oxygen atoms in total. The molecule has 4 aromatic rings. The highest BCUT2D eigenvalue weighted by Gasteiger charge is 2.51. The fourth-order valence-electron chi connectivity index (χ4n) is 7.27. The molecule has 0 saturated heterocycles. The number of rotatable bonds is 5. The molecule has 0 atom stereocenters. The quantitative estimate of drug-likeness (QED) is 0.258. The van der Waals surface area contributed by atoms with Gasteiger partial charge in [-0.2, -0.15) is 0 Å². The summed E-state index contributed by atoms with van der Waals surface area (Å²) < 4.78 is 0. The van der Waals surface area contributed by atoms with E-state index in [1.807, 2.05) is 60.7 Å². The van der Waals surface area contributed by atoms with Crippen LogP contribution in [0.4, 0.5) is 5.82 Å². The highest BCUT2D eigenvalue weighted by atomic mass is 16.1. The average Bonchev–Trinajstić information content (AvgIpc) is 3.32. The van der Waals surface area contributed by atoms with Gasteiger partial charge in [-0.25, -0.2) is 15.0 Å². The Morgan fingerprint density at radius 2 is 1.65 bits per heavy atom. The van der Waals surface area contributed by atoms with Crippen LogP contribution in [0.25, 0.3) is 22.4 Å². The SMILES string of the molecule is NC(=Nc1ccccn1)c1ccc(-c2nc3ccc(C(=O)NC45CC6CC(CC(C6)C4)C5)cc3[nH]2)cc1. The largest absolute Gasteiger partial charge is 0.383 e. The van der Waals surface area contributed by atoms with Crippen molar-refractivity contribution in [1.82, 2.24) is 20.3 Å². The maximum absolute atomic E-state index is 13.3. The number of H-pyrrole nitrogens is 1. The third kappa shape index (κ3) is 4.18. The lowest BCUT2D eigenvalue weighted by molar-refractivity contribution is -0.0167. The summed E-state index contributed by atoms with van der Waals surface area (Å²) in [7, 11) is 0. The monoisotopic (exact) mass is 490 g/mol. The number of imidazole rings is 1. The van der Waals surface area contributed by atoms with Crippen molar-refractivity contribution in [3.8, 4) is 11.4 Å². The zero-order chi connectivity index (χ0) is 25.0. The van der Waals surface area contributed by atoms with E-state index in [2.05, 4.69) is 20.3 Å². The summed E-state index contributed by atoms with van der Waals surface area (Å²) >= 11 is 0. The third-order valence-electron chi connectivity index (χ3n) is 8.50. The molecule has 0 spiro atoms. The standard InChI is InChI=1S/C30H30N6O/c31-27(35-26-3-1-2-10-32-26)21-4-6-22(7-5-21)28-33-24-9-8-23(14-25(24)34-28)29(37)36-30-15-18-11-19(16-30)13-20(12-18)17-30/h1-10,14,18-20H,11-13,15-17H2,(H,33,34)(H,36,37)(H2,31,32,35). The maximum Gasteiger partial charge on any atom is 0.251 e. The molecule has 0 aliphatic heterocycles. The van der Waals surface area contributed by atoms with Gasteiger partial charge >= 0.3 is 0 Å². The molecule has 1 amide bonds. The number of pyridine rings is 1. The summed E-state index contributed by atoms with van der Waals surface area (Å²) in [6.07, 6.45) is 9.22. The molecule has 37 heavy (non-hydrogen) atoms. The molecule has 2 aromatic carbocycles. The van der Waals surface area contributed by atoms with Gasteiger partial charge in [-0.15, -0.1) is 0 Å². The van der Waals surface area contributed by atoms with Gasteiger partial charge in [0.2, 0.25) is 0 Å². The van der Waals surface area contributed by atoms with Crippen molar-refractivity contribution in [3.63, 3.8) is 0 Å². The number of benzene rings is 2. The Balaban J connectivity index is 1.09. The van der Waals surface area contributed by atoms with Gasteiger partial charge in [-0.3, -0.25) is 4.79 Å². The van der Waals surface area contributed by atoms with Crippen LogP contribution in [0.5, 0.6) is 0 Å². The van der Waals surface area contributed by atoms with Crippen LogP contribution in [0.15, 0.2) is 71.9 Å². The van der Waals surface area contributed by atoms with Gasteiger partial charge in [0.1, 0.15) is 11.7 Å². The first kappa shape index (κ1) is 22.2. The number of aliphatic imine (C=N–C) groups is 1. The number of nitrogens with zero attached hydrogens (tertiary/aromatic N) is 3. The van der Waals surface area contributed by atoms with Crippen LogP contribution in [-0.2, 0) is 0 Å². The zero-order valence-corrected chi connectivity index (χ0v) is 20.7. The van der Waals surface area contributed by atoms with E-state index in [9.17, 15) is 4.79 Å². The lowest BCUT2D eigenvalue weighted by Gasteiger charge is -2.56. The van der Waals surface area contributed by atoms with Crippen molar-refractivity contribution in [3.05, 3.63) is 78.0 Å². The van der Waals surface area contributed by atoms with E-state index in [0.29, 0.717) is 17.2 Å². The molecule has 4 fully saturated rings. The van der Waals surface area contributed by atoms with Crippen LogP contribution in [0.3, 0.4) is 0 Å². The van der Waals surface area contributed by atoms with E-state index < -0.39 is 0 Å². The molecule has 4 N–H and O–H groups in total. The third-order valence-corrected chi connectivity index (χ3v) is 8.50. The first-order chi connectivity index (χ1) is 18.0. The fourth-order valence-corrected chi connectivity index (χ4v) is 7.27. The van der Waals surface area contributed by atoms with Crippen molar-refractivity contribution in [2.45, 2.75) is 44.1 Å². The van der Waals surface area contributed by atoms with Crippen LogP contribution in [-0.4, -0.2) is 32.2 Å². The van der Waals surface area contributed by atoms with E-state index in [1.165, 1.54) is 19.3 Å². The summed E-state index contributed by atoms with van der Waals surface area (Å²) in [6, 6.07) is 19.1. The van der Waals surface area contributed by atoms with Gasteiger partial charge in [0.05, 0.1) is 11.0 Å². The number of amides is 1. The smallest absolute Gasteiger partial charge is 0.251 e. The summed E-state index contributed by atoms with van der Waals surface area (Å²) in [5, 5.41) is 3.48. The Labute approximate surface area is 215 Å². The van der Waals surface area contributed by atoms with E-state index in [0.717, 1.165) is 65.0 Å². The molecule has 2 aromatic heterocycles. The summed E-state index contributed by atoms with van der Waals surface area (Å²) in [4.78, 5) is 30.0. The second-order valence-corrected chi connectivity index (χ2v) is 11.2. The van der Waals surface area contributed by atoms with Gasteiger partial charge in [-0.05, 0) is 86.6 Å². The number of hydrogen-bond acceptors (Lipinski definition) is 4. The number of aromatic amines is 1. The number of nitrogens with one attached hydrogen (secondary N) is 2. The van der Waals surface area contributed by atoms with Crippen LogP contribution in [0, 0.1) is 17.8 Å². The number of hydrogen-bond donors (Lipinski definition) is 3. The zero-order valence-electron chi connectivity index (χ0n) is 20.7. The highest BCUT2D eigenvalue weighted by molar-refractivity contribution is 5.99. The molecule has 7 heteroatoms. The van der Waals surface area contributed by atoms with Crippen molar-refractivity contribution in [2.24, 2.45) is 28.5 Å². The summed E-state index contributed by atoms with van der Waals surface area (Å²) in [5.41, 5.74) is 10.3. The molecule has 2 heterocycles. The van der Waals surface area contributed by atoms with Crippen molar-refractivity contribution >= 4 is 28.6 Å². The first-order valence-corrected chi connectivity index (χ1v) is 13.2. The van der Waals surface area contributed by atoms with Crippen molar-refractivity contribution in [1.29, 1.82) is 0 Å². The Kier molecular flexibility index (Phi) is 5.13. The second kappa shape index (κ2) is 8.54. The van der Waals surface area contributed by atoms with Gasteiger partial charge < -0.3 is 16.0 Å². The molecule has 4 bridgehead atoms. The minimum Gasteiger partial charge on any atom is -0.383 e. The van der Waals surface area contributed by atoms with Gasteiger partial charge in [0.15, 0.2) is 5.82 Å². The van der Waals surface area contributed by atoms with Crippen molar-refractivity contribution < 1.29 is 4.79 Å². The molecule has 0 radical (unpaired) electrons. The lowest BCUT2D eigenvalue weighted by Crippen LogP contribution is -2.59. The first-order valence-electron chi connectivity index (χ1n) is 13.2. The Morgan fingerprint density at radius 1 is 0.946 bits per heavy atom.